The number of alkyl halides is 3. The van der Waals surface area contributed by atoms with Crippen molar-refractivity contribution in [2.45, 2.75) is 5.51 Å². The van der Waals surface area contributed by atoms with E-state index in [1.165, 1.54) is 0 Å². The lowest BCUT2D eigenvalue weighted by molar-refractivity contribution is -0.138. The number of rotatable bonds is 7. The van der Waals surface area contributed by atoms with E-state index in [2.05, 4.69) is 15.5 Å². The lowest BCUT2D eigenvalue weighted by Crippen LogP contribution is -2.41. The summed E-state index contributed by atoms with van der Waals surface area (Å²) in [5.74, 6) is -0.920. The van der Waals surface area contributed by atoms with Crippen LogP contribution in [0.1, 0.15) is 0 Å². The number of hydrogen-bond donors (Lipinski definition) is 1. The Labute approximate surface area is 106 Å². The highest BCUT2D eigenvalue weighted by Gasteiger charge is 2.48. The van der Waals surface area contributed by atoms with Crippen LogP contribution in [0.2, 0.25) is 0 Å². The lowest BCUT2D eigenvalue weighted by atomic mass is 10.6. The Hall–Kier alpha value is -1.18. The summed E-state index contributed by atoms with van der Waals surface area (Å²) >= 11 is 0. The van der Waals surface area contributed by atoms with Crippen LogP contribution in [0.4, 0.5) is 13.2 Å². The predicted octanol–water partition coefficient (Wildman–Crippen LogP) is -0.584. The Kier molecular flexibility index (Phi) is 5.92. The molecule has 0 atom stereocenters. The minimum Gasteiger partial charge on any atom is -0.460 e. The van der Waals surface area contributed by atoms with Crippen molar-refractivity contribution in [2.75, 3.05) is 13.2 Å². The predicted molar refractivity (Wildman–Crippen MR) is 54.1 cm³/mol. The van der Waals surface area contributed by atoms with E-state index < -0.39 is 45.0 Å². The molecular formula is C6H8F3NO7S2. The van der Waals surface area contributed by atoms with E-state index in [0.29, 0.717) is 4.13 Å². The number of sulfonamides is 1. The zero-order chi connectivity index (χ0) is 15.3. The first-order valence-electron chi connectivity index (χ1n) is 4.20. The fraction of sp³-hybridized carbons (Fsp3) is 0.500. The molecule has 0 fully saturated rings. The van der Waals surface area contributed by atoms with Crippen LogP contribution in [0.5, 0.6) is 0 Å². The molecule has 0 radical (unpaired) electrons. The van der Waals surface area contributed by atoms with E-state index in [-0.39, 0.29) is 0 Å². The molecule has 13 heteroatoms. The molecule has 0 amide bonds. The smallest absolute Gasteiger partial charge is 0.460 e. The monoisotopic (exact) mass is 327 g/mol. The van der Waals surface area contributed by atoms with Crippen molar-refractivity contribution < 1.29 is 43.7 Å². The van der Waals surface area contributed by atoms with Gasteiger partial charge in [-0.25, -0.2) is 13.2 Å². The quantitative estimate of drug-likeness (QED) is 0.378. The molecule has 0 aliphatic rings. The van der Waals surface area contributed by atoms with Gasteiger partial charge in [0.05, 0.1) is 0 Å². The minimum absolute atomic E-state index is 0.311. The summed E-state index contributed by atoms with van der Waals surface area (Å²) in [5, 5.41) is 0. The number of ether oxygens (including phenoxy) is 1. The number of hydrogen-bond acceptors (Lipinski definition) is 7. The molecule has 0 rings (SSSR count). The second-order valence-corrected chi connectivity index (χ2v) is 5.96. The molecule has 19 heavy (non-hydrogen) atoms. The van der Waals surface area contributed by atoms with Gasteiger partial charge in [-0.05, 0) is 0 Å². The molecule has 0 aliphatic carbocycles. The van der Waals surface area contributed by atoms with Gasteiger partial charge in [0.15, 0.2) is 0 Å². The molecule has 1 N–H and O–H groups in total. The van der Waals surface area contributed by atoms with Crippen molar-refractivity contribution in [1.29, 1.82) is 0 Å². The van der Waals surface area contributed by atoms with Crippen molar-refractivity contribution in [3.8, 4) is 0 Å². The third-order valence-corrected chi connectivity index (χ3v) is 4.03. The number of carbonyl (C=O) groups excluding carboxylic acids is 1. The summed E-state index contributed by atoms with van der Waals surface area (Å²) in [6.45, 7) is 1.51. The first kappa shape index (κ1) is 17.8. The molecule has 0 aromatic carbocycles. The highest BCUT2D eigenvalue weighted by Crippen LogP contribution is 2.22. The van der Waals surface area contributed by atoms with Crippen molar-refractivity contribution >= 4 is 26.3 Å². The molecule has 8 nitrogen and oxygen atoms in total. The maximum Gasteiger partial charge on any atom is 0.512 e. The highest BCUT2D eigenvalue weighted by atomic mass is 32.3. The van der Waals surface area contributed by atoms with Gasteiger partial charge in [0.2, 0.25) is 0 Å². The van der Waals surface area contributed by atoms with Gasteiger partial charge in [0.25, 0.3) is 0 Å². The van der Waals surface area contributed by atoms with Crippen molar-refractivity contribution in [2.24, 2.45) is 0 Å². The Balaban J connectivity index is 4.44. The normalized spacial score (nSPS) is 13.0. The first-order chi connectivity index (χ1) is 8.41. The standard InChI is InChI=1S/C6H8F3NO7S2/c1-2-5(11)16-3-4-17-19(14,15)10-18(12,13)6(7,8)9/h2,10H,1,3-4H2. The molecule has 0 spiro atoms. The van der Waals surface area contributed by atoms with Crippen molar-refractivity contribution in [1.82, 2.24) is 4.13 Å². The Morgan fingerprint density at radius 3 is 2.16 bits per heavy atom. The van der Waals surface area contributed by atoms with E-state index >= 15 is 0 Å². The van der Waals surface area contributed by atoms with Crippen LogP contribution in [0.3, 0.4) is 0 Å². The van der Waals surface area contributed by atoms with E-state index in [0.717, 1.165) is 6.08 Å². The zero-order valence-electron chi connectivity index (χ0n) is 9.01. The summed E-state index contributed by atoms with van der Waals surface area (Å²) in [4.78, 5) is 10.5. The van der Waals surface area contributed by atoms with Gasteiger partial charge in [-0.2, -0.15) is 21.6 Å². The summed E-state index contributed by atoms with van der Waals surface area (Å²) in [6.07, 6.45) is 0.751. The molecule has 0 aliphatic heterocycles. The van der Waals surface area contributed by atoms with Gasteiger partial charge in [0.1, 0.15) is 13.2 Å². The zero-order valence-corrected chi connectivity index (χ0v) is 10.6. The van der Waals surface area contributed by atoms with Gasteiger partial charge in [-0.1, -0.05) is 10.7 Å². The van der Waals surface area contributed by atoms with Crippen molar-refractivity contribution in [3.05, 3.63) is 12.7 Å². The van der Waals surface area contributed by atoms with Crippen LogP contribution < -0.4 is 4.13 Å². The molecule has 112 valence electrons. The SMILES string of the molecule is C=CC(=O)OCCOS(=O)(=O)NS(=O)(=O)C(F)(F)F. The van der Waals surface area contributed by atoms with Gasteiger partial charge in [0, 0.05) is 6.08 Å². The molecule has 0 bridgehead atoms. The van der Waals surface area contributed by atoms with Crippen LogP contribution in [-0.4, -0.2) is 41.5 Å². The van der Waals surface area contributed by atoms with E-state index in [1.54, 1.807) is 0 Å². The molecule has 0 saturated heterocycles. The topological polar surface area (TPSA) is 116 Å². The minimum atomic E-state index is -6.10. The number of esters is 1. The fourth-order valence-electron chi connectivity index (χ4n) is 0.551. The van der Waals surface area contributed by atoms with Crippen LogP contribution in [-0.2, 0) is 34.0 Å². The lowest BCUT2D eigenvalue weighted by Gasteiger charge is -2.09. The molecule has 0 unspecified atom stereocenters. The number of halogens is 3. The van der Waals surface area contributed by atoms with Crippen LogP contribution in [0.25, 0.3) is 0 Å². The maximum absolute atomic E-state index is 11.9. The molecule has 0 aromatic rings. The summed E-state index contributed by atoms with van der Waals surface area (Å²) in [7, 11) is -11.3. The summed E-state index contributed by atoms with van der Waals surface area (Å²) in [6, 6.07) is 0. The Morgan fingerprint density at radius 2 is 1.74 bits per heavy atom. The average Bonchev–Trinajstić information content (AvgIpc) is 2.20. The molecule has 0 aromatic heterocycles. The van der Waals surface area contributed by atoms with Gasteiger partial charge in [-0.15, -0.1) is 0 Å². The average molecular weight is 327 g/mol. The van der Waals surface area contributed by atoms with E-state index in [9.17, 15) is 34.8 Å². The maximum atomic E-state index is 11.9. The van der Waals surface area contributed by atoms with E-state index in [4.69, 9.17) is 0 Å². The fourth-order valence-corrected chi connectivity index (χ4v) is 2.48. The van der Waals surface area contributed by atoms with Crippen molar-refractivity contribution in [3.63, 3.8) is 0 Å². The molecular weight excluding hydrogens is 319 g/mol. The highest BCUT2D eigenvalue weighted by molar-refractivity contribution is 8.03. The number of nitrogens with one attached hydrogen (secondary N) is 1. The Morgan fingerprint density at radius 1 is 1.21 bits per heavy atom. The van der Waals surface area contributed by atoms with Crippen LogP contribution in [0.15, 0.2) is 12.7 Å². The van der Waals surface area contributed by atoms with Crippen LogP contribution >= 0.6 is 0 Å². The largest absolute Gasteiger partial charge is 0.512 e. The summed E-state index contributed by atoms with van der Waals surface area (Å²) in [5.41, 5.74) is -5.81. The van der Waals surface area contributed by atoms with Gasteiger partial charge >= 0.3 is 31.8 Å². The first-order valence-corrected chi connectivity index (χ1v) is 7.09. The van der Waals surface area contributed by atoms with Gasteiger partial charge < -0.3 is 4.74 Å². The third-order valence-electron chi connectivity index (χ3n) is 1.25. The second kappa shape index (κ2) is 6.31. The molecule has 0 heterocycles. The number of carbonyl (C=O) groups is 1. The van der Waals surface area contributed by atoms with Crippen LogP contribution in [0, 0.1) is 0 Å². The van der Waals surface area contributed by atoms with E-state index in [1.807, 2.05) is 0 Å². The third kappa shape index (κ3) is 6.51. The molecule has 0 saturated carbocycles. The second-order valence-electron chi connectivity index (χ2n) is 2.68. The summed E-state index contributed by atoms with van der Waals surface area (Å²) < 4.78 is 86.5. The Bertz CT molecular complexity index is 536. The van der Waals surface area contributed by atoms with Gasteiger partial charge in [-0.3, -0.25) is 4.18 Å².